The molecule has 0 aliphatic rings. The molecule has 0 fully saturated rings. The Hall–Kier alpha value is -2.77. The van der Waals surface area contributed by atoms with Gasteiger partial charge in [-0.1, -0.05) is 65.9 Å². The molecule has 0 bridgehead atoms. The Morgan fingerprint density at radius 1 is 1.00 bits per heavy atom. The summed E-state index contributed by atoms with van der Waals surface area (Å²) < 4.78 is 5.43. The summed E-state index contributed by atoms with van der Waals surface area (Å²) in [4.78, 5) is 42.0. The number of carbonyl (C=O) groups is 3. The summed E-state index contributed by atoms with van der Waals surface area (Å²) >= 11 is 0. The number of amides is 3. The Morgan fingerprint density at radius 2 is 1.63 bits per heavy atom. The van der Waals surface area contributed by atoms with E-state index in [2.05, 4.69) is 24.5 Å². The number of ether oxygens (including phenoxy) is 1. The van der Waals surface area contributed by atoms with Crippen LogP contribution in [0.5, 0.6) is 5.75 Å². The second kappa shape index (κ2) is 16.2. The van der Waals surface area contributed by atoms with E-state index in [1.54, 1.807) is 50.8 Å². The number of unbranched alkanes of at least 4 members (excludes halogenated alkanes) is 5. The van der Waals surface area contributed by atoms with E-state index in [1.807, 2.05) is 13.8 Å². The second-order valence-corrected chi connectivity index (χ2v) is 11.4. The van der Waals surface area contributed by atoms with E-state index in [0.29, 0.717) is 24.2 Å². The molecule has 8 nitrogen and oxygen atoms in total. The first-order valence-electron chi connectivity index (χ1n) is 14.2. The third-order valence-corrected chi connectivity index (χ3v) is 6.32. The molecule has 8 heteroatoms. The molecule has 38 heavy (non-hydrogen) atoms. The van der Waals surface area contributed by atoms with Crippen molar-refractivity contribution in [3.05, 3.63) is 29.3 Å². The van der Waals surface area contributed by atoms with E-state index in [4.69, 9.17) is 4.74 Å². The second-order valence-electron chi connectivity index (χ2n) is 11.4. The molecule has 0 spiro atoms. The number of hydrogen-bond donors (Lipinski definition) is 3. The maximum atomic E-state index is 14.1. The summed E-state index contributed by atoms with van der Waals surface area (Å²) in [5, 5.41) is 15.9. The van der Waals surface area contributed by atoms with Crippen molar-refractivity contribution in [2.24, 2.45) is 5.92 Å². The summed E-state index contributed by atoms with van der Waals surface area (Å²) in [6, 6.07) is 3.23. The quantitative estimate of drug-likeness (QED) is 0.239. The number of nitrogens with zero attached hydrogens (tertiary/aromatic N) is 1. The third kappa shape index (κ3) is 11.3. The van der Waals surface area contributed by atoms with Crippen LogP contribution in [0.4, 0.5) is 4.79 Å². The molecule has 216 valence electrons. The lowest BCUT2D eigenvalue weighted by Crippen LogP contribution is -2.55. The zero-order chi connectivity index (χ0) is 28.9. The Morgan fingerprint density at radius 3 is 2.18 bits per heavy atom. The Kier molecular flexibility index (Phi) is 14.2. The van der Waals surface area contributed by atoms with Crippen molar-refractivity contribution < 1.29 is 24.2 Å². The van der Waals surface area contributed by atoms with Crippen molar-refractivity contribution in [3.63, 3.8) is 0 Å². The highest BCUT2D eigenvalue weighted by atomic mass is 16.6. The predicted octanol–water partition coefficient (Wildman–Crippen LogP) is 6.01. The van der Waals surface area contributed by atoms with Crippen molar-refractivity contribution in [1.29, 1.82) is 0 Å². The van der Waals surface area contributed by atoms with E-state index >= 15 is 0 Å². The third-order valence-electron chi connectivity index (χ3n) is 6.32. The van der Waals surface area contributed by atoms with Gasteiger partial charge in [0.1, 0.15) is 23.4 Å². The molecule has 3 N–H and O–H groups in total. The van der Waals surface area contributed by atoms with E-state index in [-0.39, 0.29) is 23.5 Å². The number of aryl methyl sites for hydroxylation is 1. The van der Waals surface area contributed by atoms with Crippen LogP contribution < -0.4 is 10.6 Å². The van der Waals surface area contributed by atoms with Crippen molar-refractivity contribution in [3.8, 4) is 5.75 Å². The molecule has 1 aromatic rings. The molecule has 2 atom stereocenters. The van der Waals surface area contributed by atoms with Gasteiger partial charge in [-0.2, -0.15) is 0 Å². The predicted molar refractivity (Wildman–Crippen MR) is 152 cm³/mol. The van der Waals surface area contributed by atoms with Gasteiger partial charge in [0.25, 0.3) is 0 Å². The summed E-state index contributed by atoms with van der Waals surface area (Å²) in [6.45, 7) is 15.9. The minimum Gasteiger partial charge on any atom is -0.508 e. The Balaban J connectivity index is 3.45. The number of benzene rings is 1. The van der Waals surface area contributed by atoms with Crippen LogP contribution in [0.1, 0.15) is 111 Å². The number of carbonyl (C=O) groups excluding carboxylic acids is 3. The van der Waals surface area contributed by atoms with Gasteiger partial charge in [-0.25, -0.2) is 4.79 Å². The topological polar surface area (TPSA) is 108 Å². The largest absolute Gasteiger partial charge is 0.508 e. The molecule has 0 aromatic heterocycles. The first-order valence-corrected chi connectivity index (χ1v) is 14.2. The highest BCUT2D eigenvalue weighted by Gasteiger charge is 2.37. The zero-order valence-electron chi connectivity index (χ0n) is 24.9. The fraction of sp³-hybridized carbons (Fsp3) is 0.700. The van der Waals surface area contributed by atoms with Gasteiger partial charge in [0, 0.05) is 13.1 Å². The lowest BCUT2D eigenvalue weighted by Gasteiger charge is -2.36. The fourth-order valence-corrected chi connectivity index (χ4v) is 4.19. The van der Waals surface area contributed by atoms with Crippen LogP contribution in [-0.2, 0) is 14.3 Å². The number of rotatable bonds is 15. The number of aromatic hydroxyl groups is 1. The molecule has 0 aliphatic carbocycles. The molecule has 0 heterocycles. The lowest BCUT2D eigenvalue weighted by atomic mass is 9.97. The number of alkyl carbamates (subject to hydrolysis) is 1. The molecule has 1 aromatic carbocycles. The molecule has 1 rings (SSSR count). The van der Waals surface area contributed by atoms with E-state index in [1.165, 1.54) is 0 Å². The van der Waals surface area contributed by atoms with Crippen LogP contribution in [0.15, 0.2) is 18.2 Å². The number of phenolic OH excluding ortho intramolecular Hbond substituents is 1. The molecule has 0 saturated heterocycles. The standard InChI is InChI=1S/C30H51N3O5/c1-9-11-13-14-15-19-33(28(36)25(21(3)4)32-29(37)38-30(6,7)8)26(27(35)31-18-12-10-2)23-16-17-24(34)22(5)20-23/h16-17,20-21,25-26,34H,9-15,18-19H2,1-8H3,(H,31,35)(H,32,37). The number of hydrogen-bond acceptors (Lipinski definition) is 5. The van der Waals surface area contributed by atoms with Crippen molar-refractivity contribution in [2.75, 3.05) is 13.1 Å². The smallest absolute Gasteiger partial charge is 0.408 e. The van der Waals surface area contributed by atoms with Crippen LogP contribution in [0.25, 0.3) is 0 Å². The molecule has 0 radical (unpaired) electrons. The SMILES string of the molecule is CCCCCCCN(C(=O)C(NC(=O)OC(C)(C)C)C(C)C)C(C(=O)NCCCC)c1ccc(O)c(C)c1. The van der Waals surface area contributed by atoms with Crippen LogP contribution in [-0.4, -0.2) is 52.6 Å². The summed E-state index contributed by atoms with van der Waals surface area (Å²) in [6.07, 6.45) is 6.02. The van der Waals surface area contributed by atoms with Crippen molar-refractivity contribution in [1.82, 2.24) is 15.5 Å². The van der Waals surface area contributed by atoms with Gasteiger partial charge in [0.15, 0.2) is 0 Å². The summed E-state index contributed by atoms with van der Waals surface area (Å²) in [5.74, 6) is -0.709. The lowest BCUT2D eigenvalue weighted by molar-refractivity contribution is -0.143. The van der Waals surface area contributed by atoms with Gasteiger partial charge in [-0.3, -0.25) is 9.59 Å². The average molecular weight is 534 g/mol. The Bertz CT molecular complexity index is 894. The maximum absolute atomic E-state index is 14.1. The monoisotopic (exact) mass is 533 g/mol. The van der Waals surface area contributed by atoms with Gasteiger partial charge in [-0.15, -0.1) is 0 Å². The normalized spacial score (nSPS) is 13.1. The fourth-order valence-electron chi connectivity index (χ4n) is 4.19. The molecule has 2 unspecified atom stereocenters. The minimum absolute atomic E-state index is 0.128. The maximum Gasteiger partial charge on any atom is 0.408 e. The van der Waals surface area contributed by atoms with Crippen molar-refractivity contribution in [2.45, 2.75) is 118 Å². The van der Waals surface area contributed by atoms with Gasteiger partial charge < -0.3 is 25.4 Å². The highest BCUT2D eigenvalue weighted by Crippen LogP contribution is 2.28. The first-order chi connectivity index (χ1) is 17.8. The minimum atomic E-state index is -0.897. The van der Waals surface area contributed by atoms with Crippen molar-refractivity contribution >= 4 is 17.9 Å². The van der Waals surface area contributed by atoms with Crippen LogP contribution in [0.3, 0.4) is 0 Å². The van der Waals surface area contributed by atoms with Gasteiger partial charge in [0.2, 0.25) is 11.8 Å². The highest BCUT2D eigenvalue weighted by molar-refractivity contribution is 5.92. The molecule has 0 saturated carbocycles. The van der Waals surface area contributed by atoms with E-state index < -0.39 is 23.8 Å². The summed E-state index contributed by atoms with van der Waals surface area (Å²) in [7, 11) is 0. The number of nitrogens with one attached hydrogen (secondary N) is 2. The Labute approximate surface area is 229 Å². The number of phenols is 1. The van der Waals surface area contributed by atoms with E-state index in [0.717, 1.165) is 44.9 Å². The van der Waals surface area contributed by atoms with E-state index in [9.17, 15) is 19.5 Å². The van der Waals surface area contributed by atoms with Crippen LogP contribution in [0, 0.1) is 12.8 Å². The molecular weight excluding hydrogens is 482 g/mol. The zero-order valence-corrected chi connectivity index (χ0v) is 24.9. The van der Waals surface area contributed by atoms with Gasteiger partial charge in [-0.05, 0) is 69.7 Å². The average Bonchev–Trinajstić information content (AvgIpc) is 2.82. The molecule has 0 aliphatic heterocycles. The van der Waals surface area contributed by atoms with Gasteiger partial charge in [0.05, 0.1) is 0 Å². The first kappa shape index (κ1) is 33.3. The van der Waals surface area contributed by atoms with Gasteiger partial charge >= 0.3 is 6.09 Å². The van der Waals surface area contributed by atoms with Crippen LogP contribution in [0.2, 0.25) is 0 Å². The molecular formula is C30H51N3O5. The molecule has 3 amide bonds. The van der Waals surface area contributed by atoms with Crippen LogP contribution >= 0.6 is 0 Å². The summed E-state index contributed by atoms with van der Waals surface area (Å²) in [5.41, 5.74) is 0.534.